The number of carbonyl (C=O) groups excluding carboxylic acids is 1. The number of aromatic nitrogens is 3. The summed E-state index contributed by atoms with van der Waals surface area (Å²) in [5.74, 6) is 0.360. The molecule has 4 rings (SSSR count). The zero-order valence-electron chi connectivity index (χ0n) is 18.7. The molecule has 3 aromatic rings. The van der Waals surface area contributed by atoms with E-state index in [0.717, 1.165) is 11.3 Å². The van der Waals surface area contributed by atoms with E-state index in [1.807, 2.05) is 43.3 Å². The number of nitrogens with one attached hydrogen (secondary N) is 1. The minimum atomic E-state index is -0.271. The summed E-state index contributed by atoms with van der Waals surface area (Å²) in [7, 11) is 5.49. The maximum Gasteiger partial charge on any atom is 0.317 e. The minimum absolute atomic E-state index is 0. The van der Waals surface area contributed by atoms with Crippen molar-refractivity contribution in [3.63, 3.8) is 0 Å². The number of rotatable bonds is 5. The van der Waals surface area contributed by atoms with Gasteiger partial charge in [0, 0.05) is 45.6 Å². The van der Waals surface area contributed by atoms with E-state index in [-0.39, 0.29) is 32.2 Å². The van der Waals surface area contributed by atoms with Crippen LogP contribution in [0.5, 0.6) is 5.88 Å². The predicted octanol–water partition coefficient (Wildman–Crippen LogP) is 2.94. The molecule has 2 amide bonds. The summed E-state index contributed by atoms with van der Waals surface area (Å²) < 4.78 is 11.8. The SMILES string of the molecule is CNC(=O)N1CCO[C@H](COc2nc(-c3ccc(N(C)C)c(Cl)c3)cc3nccnc23)C1.S. The number of fused-ring (bicyclic) bond motifs is 1. The van der Waals surface area contributed by atoms with Crippen LogP contribution in [0.2, 0.25) is 5.02 Å². The summed E-state index contributed by atoms with van der Waals surface area (Å²) in [6, 6.07) is 7.51. The molecule has 11 heteroatoms. The number of urea groups is 1. The molecular weight excluding hydrogens is 464 g/mol. The Labute approximate surface area is 204 Å². The standard InChI is InChI=1S/C22H25ClN6O3.H2S/c1-24-22(30)29-8-9-31-15(12-29)13-32-21-20-18(25-6-7-26-20)11-17(27-21)14-4-5-19(28(2)3)16(23)10-14;/h4-7,10-11,15H,8-9,12-13H2,1-3H3,(H,24,30);1H2/t15-;/m0./s1. The average molecular weight is 491 g/mol. The Balaban J connectivity index is 0.00000306. The van der Waals surface area contributed by atoms with Crippen molar-refractivity contribution in [3.8, 4) is 17.1 Å². The molecule has 1 atom stereocenters. The van der Waals surface area contributed by atoms with Gasteiger partial charge in [-0.25, -0.2) is 14.8 Å². The number of morpholine rings is 1. The lowest BCUT2D eigenvalue weighted by molar-refractivity contribution is -0.0354. The Hall–Kier alpha value is -2.82. The molecule has 3 heterocycles. The summed E-state index contributed by atoms with van der Waals surface area (Å²) >= 11 is 6.46. The highest BCUT2D eigenvalue weighted by molar-refractivity contribution is 7.59. The molecule has 0 saturated carbocycles. The van der Waals surface area contributed by atoms with Crippen LogP contribution in [0.4, 0.5) is 10.5 Å². The van der Waals surface area contributed by atoms with E-state index in [9.17, 15) is 4.79 Å². The lowest BCUT2D eigenvalue weighted by Gasteiger charge is -2.32. The molecule has 176 valence electrons. The van der Waals surface area contributed by atoms with Gasteiger partial charge < -0.3 is 24.6 Å². The lowest BCUT2D eigenvalue weighted by atomic mass is 10.1. The number of anilines is 1. The third-order valence-electron chi connectivity index (χ3n) is 5.20. The Morgan fingerprint density at radius 3 is 2.82 bits per heavy atom. The minimum Gasteiger partial charge on any atom is -0.473 e. The van der Waals surface area contributed by atoms with Gasteiger partial charge in [-0.05, 0) is 18.2 Å². The van der Waals surface area contributed by atoms with Gasteiger partial charge in [0.05, 0.1) is 35.1 Å². The third kappa shape index (κ3) is 5.58. The fourth-order valence-corrected chi connectivity index (χ4v) is 3.90. The smallest absolute Gasteiger partial charge is 0.317 e. The number of nitrogens with zero attached hydrogens (tertiary/aromatic N) is 5. The summed E-state index contributed by atoms with van der Waals surface area (Å²) in [4.78, 5) is 29.1. The topological polar surface area (TPSA) is 92.7 Å². The third-order valence-corrected chi connectivity index (χ3v) is 5.50. The Morgan fingerprint density at radius 2 is 2.09 bits per heavy atom. The van der Waals surface area contributed by atoms with Crippen molar-refractivity contribution in [1.82, 2.24) is 25.2 Å². The molecule has 1 N–H and O–H groups in total. The number of hydrogen-bond donors (Lipinski definition) is 1. The number of hydrogen-bond acceptors (Lipinski definition) is 7. The first-order chi connectivity index (χ1) is 15.5. The van der Waals surface area contributed by atoms with Crippen molar-refractivity contribution in [2.24, 2.45) is 0 Å². The zero-order chi connectivity index (χ0) is 22.7. The second-order valence-electron chi connectivity index (χ2n) is 7.60. The molecule has 1 aromatic carbocycles. The normalized spacial score (nSPS) is 15.6. The molecule has 0 aliphatic carbocycles. The quantitative estimate of drug-likeness (QED) is 0.587. The predicted molar refractivity (Wildman–Crippen MR) is 134 cm³/mol. The summed E-state index contributed by atoms with van der Waals surface area (Å²) in [5, 5.41) is 3.27. The van der Waals surface area contributed by atoms with Gasteiger partial charge in [-0.2, -0.15) is 13.5 Å². The van der Waals surface area contributed by atoms with Gasteiger partial charge in [-0.3, -0.25) is 4.98 Å². The molecule has 0 bridgehead atoms. The molecule has 2 aromatic heterocycles. The molecular formula is C22H27ClN6O3S. The summed E-state index contributed by atoms with van der Waals surface area (Å²) in [6.45, 7) is 1.66. The number of amides is 2. The first-order valence-corrected chi connectivity index (χ1v) is 10.6. The van der Waals surface area contributed by atoms with Gasteiger partial charge in [0.2, 0.25) is 5.88 Å². The molecule has 33 heavy (non-hydrogen) atoms. The van der Waals surface area contributed by atoms with Crippen LogP contribution in [0, 0.1) is 0 Å². The van der Waals surface area contributed by atoms with E-state index in [1.54, 1.807) is 24.3 Å². The second kappa shape index (κ2) is 10.9. The van der Waals surface area contributed by atoms with Crippen LogP contribution in [0.25, 0.3) is 22.3 Å². The van der Waals surface area contributed by atoms with Crippen LogP contribution < -0.4 is 15.0 Å². The van der Waals surface area contributed by atoms with E-state index in [0.29, 0.717) is 47.3 Å². The van der Waals surface area contributed by atoms with Crippen molar-refractivity contribution >= 4 is 47.8 Å². The fraction of sp³-hybridized carbons (Fsp3) is 0.364. The average Bonchev–Trinajstić information content (AvgIpc) is 2.81. The number of halogens is 1. The summed E-state index contributed by atoms with van der Waals surface area (Å²) in [6.07, 6.45) is 2.96. The maximum absolute atomic E-state index is 11.9. The van der Waals surface area contributed by atoms with E-state index < -0.39 is 0 Å². The van der Waals surface area contributed by atoms with Gasteiger partial charge >= 0.3 is 6.03 Å². The Morgan fingerprint density at radius 1 is 1.30 bits per heavy atom. The highest BCUT2D eigenvalue weighted by Crippen LogP contribution is 2.32. The van der Waals surface area contributed by atoms with Gasteiger partial charge in [0.25, 0.3) is 0 Å². The summed E-state index contributed by atoms with van der Waals surface area (Å²) in [5.41, 5.74) is 3.67. The number of benzene rings is 1. The van der Waals surface area contributed by atoms with Gasteiger partial charge in [-0.15, -0.1) is 0 Å². The van der Waals surface area contributed by atoms with E-state index in [2.05, 4.69) is 15.3 Å². The fourth-order valence-electron chi connectivity index (χ4n) is 3.56. The maximum atomic E-state index is 11.9. The van der Waals surface area contributed by atoms with Crippen LogP contribution in [0.3, 0.4) is 0 Å². The largest absolute Gasteiger partial charge is 0.473 e. The Bertz CT molecular complexity index is 1130. The number of ether oxygens (including phenoxy) is 2. The van der Waals surface area contributed by atoms with Crippen LogP contribution in [-0.2, 0) is 4.74 Å². The van der Waals surface area contributed by atoms with Crippen LogP contribution in [0.15, 0.2) is 36.7 Å². The van der Waals surface area contributed by atoms with E-state index in [4.69, 9.17) is 26.1 Å². The van der Waals surface area contributed by atoms with Gasteiger partial charge in [0.1, 0.15) is 12.7 Å². The highest BCUT2D eigenvalue weighted by atomic mass is 35.5. The number of carbonyl (C=O) groups is 1. The molecule has 0 spiro atoms. The Kier molecular flexibility index (Phi) is 8.17. The van der Waals surface area contributed by atoms with Crippen molar-refractivity contribution in [2.45, 2.75) is 6.10 Å². The van der Waals surface area contributed by atoms with Gasteiger partial charge in [-0.1, -0.05) is 17.7 Å². The first-order valence-electron chi connectivity index (χ1n) is 10.3. The van der Waals surface area contributed by atoms with Crippen molar-refractivity contribution in [2.75, 3.05) is 52.3 Å². The lowest BCUT2D eigenvalue weighted by Crippen LogP contribution is -2.50. The molecule has 0 radical (unpaired) electrons. The molecule has 1 saturated heterocycles. The van der Waals surface area contributed by atoms with E-state index in [1.165, 1.54) is 0 Å². The molecule has 9 nitrogen and oxygen atoms in total. The van der Waals surface area contributed by atoms with Crippen LogP contribution in [0.1, 0.15) is 0 Å². The molecule has 1 aliphatic rings. The van der Waals surface area contributed by atoms with Crippen molar-refractivity contribution in [3.05, 3.63) is 41.7 Å². The highest BCUT2D eigenvalue weighted by Gasteiger charge is 2.25. The monoisotopic (exact) mass is 490 g/mol. The van der Waals surface area contributed by atoms with Crippen molar-refractivity contribution in [1.29, 1.82) is 0 Å². The zero-order valence-corrected chi connectivity index (χ0v) is 20.5. The molecule has 0 unspecified atom stereocenters. The van der Waals surface area contributed by atoms with Gasteiger partial charge in [0.15, 0.2) is 5.52 Å². The number of pyridine rings is 1. The van der Waals surface area contributed by atoms with E-state index >= 15 is 0 Å². The first kappa shape index (κ1) is 24.8. The second-order valence-corrected chi connectivity index (χ2v) is 8.01. The molecule has 1 aliphatic heterocycles. The van der Waals surface area contributed by atoms with Crippen LogP contribution in [-0.4, -0.2) is 79.4 Å². The molecule has 1 fully saturated rings. The van der Waals surface area contributed by atoms with Crippen LogP contribution >= 0.6 is 25.1 Å². The van der Waals surface area contributed by atoms with Crippen molar-refractivity contribution < 1.29 is 14.3 Å².